The van der Waals surface area contributed by atoms with E-state index in [2.05, 4.69) is 41.5 Å². The zero-order valence-electron chi connectivity index (χ0n) is 12.1. The molecule has 0 bridgehead atoms. The molecule has 1 fully saturated rings. The maximum Gasteiger partial charge on any atom is 0.0240 e. The molecule has 2 unspecified atom stereocenters. The Balaban J connectivity index is 1.62. The Bertz CT molecular complexity index is 390. The minimum atomic E-state index is 0.728. The van der Waals surface area contributed by atoms with Crippen LogP contribution in [0.5, 0.6) is 0 Å². The Morgan fingerprint density at radius 2 is 1.74 bits per heavy atom. The Morgan fingerprint density at radius 3 is 2.42 bits per heavy atom. The molecule has 2 atom stereocenters. The van der Waals surface area contributed by atoms with Gasteiger partial charge in [0.05, 0.1) is 0 Å². The third-order valence-corrected chi connectivity index (χ3v) is 4.93. The zero-order valence-corrected chi connectivity index (χ0v) is 12.1. The van der Waals surface area contributed by atoms with E-state index in [-0.39, 0.29) is 0 Å². The van der Waals surface area contributed by atoms with Crippen LogP contribution < -0.4 is 5.32 Å². The van der Waals surface area contributed by atoms with E-state index in [0.717, 1.165) is 25.0 Å². The SMILES string of the molecule is CNC1CCCCCC1CN1Cc2ccccc2C1. The topological polar surface area (TPSA) is 15.3 Å². The molecule has 1 heterocycles. The summed E-state index contributed by atoms with van der Waals surface area (Å²) in [5.74, 6) is 0.835. The van der Waals surface area contributed by atoms with Crippen LogP contribution in [0.2, 0.25) is 0 Å². The maximum absolute atomic E-state index is 3.56. The first-order chi connectivity index (χ1) is 9.36. The van der Waals surface area contributed by atoms with Gasteiger partial charge in [0.1, 0.15) is 0 Å². The molecule has 0 radical (unpaired) electrons. The molecule has 0 saturated heterocycles. The lowest BCUT2D eigenvalue weighted by atomic mass is 9.94. The number of nitrogens with one attached hydrogen (secondary N) is 1. The Hall–Kier alpha value is -0.860. The van der Waals surface area contributed by atoms with Gasteiger partial charge in [-0.3, -0.25) is 4.90 Å². The molecule has 19 heavy (non-hydrogen) atoms. The summed E-state index contributed by atoms with van der Waals surface area (Å²) in [5.41, 5.74) is 3.08. The molecule has 0 aromatic heterocycles. The second-order valence-electron chi connectivity index (χ2n) is 6.23. The first-order valence-electron chi connectivity index (χ1n) is 7.83. The van der Waals surface area contributed by atoms with Gasteiger partial charge in [0.15, 0.2) is 0 Å². The standard InChI is InChI=1S/C17H26N2/c1-18-17-10-4-2-3-9-16(17)13-19-11-14-7-5-6-8-15(14)12-19/h5-8,16-18H,2-4,9-13H2,1H3. The quantitative estimate of drug-likeness (QED) is 0.838. The number of nitrogens with zero attached hydrogens (tertiary/aromatic N) is 1. The van der Waals surface area contributed by atoms with Gasteiger partial charge in [0, 0.05) is 25.7 Å². The molecule has 1 aliphatic carbocycles. The predicted molar refractivity (Wildman–Crippen MR) is 80.0 cm³/mol. The summed E-state index contributed by atoms with van der Waals surface area (Å²) in [6, 6.07) is 9.65. The lowest BCUT2D eigenvalue weighted by molar-refractivity contribution is 0.199. The van der Waals surface area contributed by atoms with Crippen LogP contribution >= 0.6 is 0 Å². The Kier molecular flexibility index (Phi) is 4.19. The Morgan fingerprint density at radius 1 is 1.05 bits per heavy atom. The second-order valence-corrected chi connectivity index (χ2v) is 6.23. The summed E-state index contributed by atoms with van der Waals surface area (Å²) in [4.78, 5) is 2.64. The number of rotatable bonds is 3. The highest BCUT2D eigenvalue weighted by Crippen LogP contribution is 2.28. The van der Waals surface area contributed by atoms with Crippen molar-refractivity contribution in [2.75, 3.05) is 13.6 Å². The van der Waals surface area contributed by atoms with E-state index in [1.54, 1.807) is 0 Å². The highest BCUT2D eigenvalue weighted by atomic mass is 15.1. The minimum Gasteiger partial charge on any atom is -0.317 e. The zero-order chi connectivity index (χ0) is 13.1. The van der Waals surface area contributed by atoms with Crippen molar-refractivity contribution in [3.63, 3.8) is 0 Å². The molecule has 104 valence electrons. The highest BCUT2D eigenvalue weighted by molar-refractivity contribution is 5.30. The molecule has 2 heteroatoms. The van der Waals surface area contributed by atoms with Crippen LogP contribution in [0.3, 0.4) is 0 Å². The van der Waals surface area contributed by atoms with Gasteiger partial charge in [-0.05, 0) is 36.9 Å². The normalized spacial score (nSPS) is 28.1. The second kappa shape index (κ2) is 6.06. The van der Waals surface area contributed by atoms with Crippen molar-refractivity contribution in [3.05, 3.63) is 35.4 Å². The van der Waals surface area contributed by atoms with Crippen molar-refractivity contribution in [2.24, 2.45) is 5.92 Å². The molecule has 1 N–H and O–H groups in total. The largest absolute Gasteiger partial charge is 0.317 e. The van der Waals surface area contributed by atoms with Crippen molar-refractivity contribution in [1.82, 2.24) is 10.2 Å². The molecular formula is C17H26N2. The van der Waals surface area contributed by atoms with Gasteiger partial charge in [-0.25, -0.2) is 0 Å². The molecule has 0 spiro atoms. The van der Waals surface area contributed by atoms with E-state index in [4.69, 9.17) is 0 Å². The first-order valence-corrected chi connectivity index (χ1v) is 7.83. The molecule has 1 aliphatic heterocycles. The van der Waals surface area contributed by atoms with Gasteiger partial charge in [-0.1, -0.05) is 43.5 Å². The van der Waals surface area contributed by atoms with E-state index < -0.39 is 0 Å². The minimum absolute atomic E-state index is 0.728. The van der Waals surface area contributed by atoms with Crippen LogP contribution in [-0.2, 0) is 13.1 Å². The van der Waals surface area contributed by atoms with Crippen molar-refractivity contribution in [3.8, 4) is 0 Å². The fourth-order valence-electron chi connectivity index (χ4n) is 3.85. The summed E-state index contributed by atoms with van der Waals surface area (Å²) < 4.78 is 0. The number of hydrogen-bond donors (Lipinski definition) is 1. The number of fused-ring (bicyclic) bond motifs is 1. The monoisotopic (exact) mass is 258 g/mol. The van der Waals surface area contributed by atoms with Crippen molar-refractivity contribution >= 4 is 0 Å². The number of hydrogen-bond acceptors (Lipinski definition) is 2. The van der Waals surface area contributed by atoms with Gasteiger partial charge < -0.3 is 5.32 Å². The molecule has 1 aromatic carbocycles. The van der Waals surface area contributed by atoms with Crippen molar-refractivity contribution in [2.45, 2.75) is 51.2 Å². The average molecular weight is 258 g/mol. The van der Waals surface area contributed by atoms with E-state index >= 15 is 0 Å². The molecule has 2 aliphatic rings. The number of benzene rings is 1. The third-order valence-electron chi connectivity index (χ3n) is 4.93. The van der Waals surface area contributed by atoms with E-state index in [1.165, 1.54) is 49.8 Å². The molecule has 1 saturated carbocycles. The smallest absolute Gasteiger partial charge is 0.0240 e. The lowest BCUT2D eigenvalue weighted by Gasteiger charge is -2.29. The van der Waals surface area contributed by atoms with Gasteiger partial charge in [-0.2, -0.15) is 0 Å². The van der Waals surface area contributed by atoms with Crippen molar-refractivity contribution < 1.29 is 0 Å². The van der Waals surface area contributed by atoms with Crippen LogP contribution in [0, 0.1) is 5.92 Å². The first kappa shape index (κ1) is 13.1. The van der Waals surface area contributed by atoms with Gasteiger partial charge in [0.25, 0.3) is 0 Å². The summed E-state index contributed by atoms with van der Waals surface area (Å²) >= 11 is 0. The van der Waals surface area contributed by atoms with Crippen LogP contribution in [-0.4, -0.2) is 24.5 Å². The molecule has 1 aromatic rings. The van der Waals surface area contributed by atoms with E-state index in [1.807, 2.05) is 0 Å². The van der Waals surface area contributed by atoms with E-state index in [0.29, 0.717) is 0 Å². The average Bonchev–Trinajstić information content (AvgIpc) is 2.70. The molecule has 2 nitrogen and oxygen atoms in total. The maximum atomic E-state index is 3.56. The third kappa shape index (κ3) is 3.01. The van der Waals surface area contributed by atoms with Gasteiger partial charge in [0.2, 0.25) is 0 Å². The molecule has 3 rings (SSSR count). The summed E-state index contributed by atoms with van der Waals surface area (Å²) in [6.07, 6.45) is 7.01. The van der Waals surface area contributed by atoms with Crippen LogP contribution in [0.4, 0.5) is 0 Å². The Labute approximate surface area is 117 Å². The lowest BCUT2D eigenvalue weighted by Crippen LogP contribution is -2.39. The predicted octanol–water partition coefficient (Wildman–Crippen LogP) is 3.17. The fraction of sp³-hybridized carbons (Fsp3) is 0.647. The summed E-state index contributed by atoms with van der Waals surface area (Å²) in [6.45, 7) is 3.58. The van der Waals surface area contributed by atoms with Crippen LogP contribution in [0.15, 0.2) is 24.3 Å². The van der Waals surface area contributed by atoms with Crippen LogP contribution in [0.25, 0.3) is 0 Å². The van der Waals surface area contributed by atoms with Gasteiger partial charge >= 0.3 is 0 Å². The summed E-state index contributed by atoms with van der Waals surface area (Å²) in [7, 11) is 2.14. The van der Waals surface area contributed by atoms with Crippen LogP contribution in [0.1, 0.15) is 43.2 Å². The van der Waals surface area contributed by atoms with E-state index in [9.17, 15) is 0 Å². The van der Waals surface area contributed by atoms with Crippen molar-refractivity contribution in [1.29, 1.82) is 0 Å². The fourth-order valence-corrected chi connectivity index (χ4v) is 3.85. The van der Waals surface area contributed by atoms with Gasteiger partial charge in [-0.15, -0.1) is 0 Å². The highest BCUT2D eigenvalue weighted by Gasteiger charge is 2.27. The summed E-state index contributed by atoms with van der Waals surface area (Å²) in [5, 5.41) is 3.56. The molecule has 0 amide bonds. The molecular weight excluding hydrogens is 232 g/mol.